The molecule has 1 aliphatic carbocycles. The Hall–Kier alpha value is -2.86. The second-order valence-electron chi connectivity index (χ2n) is 7.69. The van der Waals surface area contributed by atoms with E-state index < -0.39 is 0 Å². The van der Waals surface area contributed by atoms with Crippen molar-refractivity contribution in [2.45, 2.75) is 55.0 Å². The summed E-state index contributed by atoms with van der Waals surface area (Å²) >= 11 is 1.51. The number of benzene rings is 2. The Labute approximate surface area is 180 Å². The molecule has 30 heavy (non-hydrogen) atoms. The van der Waals surface area contributed by atoms with Crippen molar-refractivity contribution in [2.75, 3.05) is 0 Å². The van der Waals surface area contributed by atoms with Gasteiger partial charge in [-0.05, 0) is 62.2 Å². The zero-order chi connectivity index (χ0) is 20.9. The van der Waals surface area contributed by atoms with E-state index in [1.807, 2.05) is 19.1 Å². The van der Waals surface area contributed by atoms with Crippen LogP contribution in [0.15, 0.2) is 75.4 Å². The average molecular weight is 420 g/mol. The van der Waals surface area contributed by atoms with Crippen molar-refractivity contribution in [3.8, 4) is 5.69 Å². The molecule has 0 bridgehead atoms. The van der Waals surface area contributed by atoms with E-state index in [2.05, 4.69) is 22.5 Å². The lowest BCUT2D eigenvalue weighted by Gasteiger charge is -2.22. The van der Waals surface area contributed by atoms with Crippen molar-refractivity contribution in [3.05, 3.63) is 82.1 Å². The number of carbonyl (C=O) groups is 1. The second kappa shape index (κ2) is 9.30. The molecule has 2 aromatic carbocycles. The number of rotatable bonds is 5. The highest BCUT2D eigenvalue weighted by atomic mass is 32.2. The van der Waals surface area contributed by atoms with E-state index in [9.17, 15) is 9.59 Å². The quantitative estimate of drug-likeness (QED) is 0.648. The van der Waals surface area contributed by atoms with Gasteiger partial charge in [-0.1, -0.05) is 48.7 Å². The van der Waals surface area contributed by atoms with Crippen molar-refractivity contribution in [1.82, 2.24) is 15.1 Å². The molecule has 4 rings (SSSR count). The Morgan fingerprint density at radius 3 is 2.37 bits per heavy atom. The summed E-state index contributed by atoms with van der Waals surface area (Å²) in [6.07, 6.45) is 5.71. The molecule has 1 heterocycles. The first-order chi connectivity index (χ1) is 14.6. The third-order valence-electron chi connectivity index (χ3n) is 5.33. The molecule has 3 aromatic rings. The lowest BCUT2D eigenvalue weighted by atomic mass is 9.95. The maximum Gasteiger partial charge on any atom is 0.271 e. The Balaban J connectivity index is 1.49. The summed E-state index contributed by atoms with van der Waals surface area (Å²) in [5.41, 5.74) is 2.23. The van der Waals surface area contributed by atoms with Crippen LogP contribution in [-0.4, -0.2) is 21.7 Å². The Bertz CT molecular complexity index is 1070. The van der Waals surface area contributed by atoms with E-state index in [-0.39, 0.29) is 17.5 Å². The van der Waals surface area contributed by atoms with Gasteiger partial charge in [0, 0.05) is 22.6 Å². The van der Waals surface area contributed by atoms with Crippen LogP contribution >= 0.6 is 11.8 Å². The van der Waals surface area contributed by atoms with Crippen LogP contribution in [0.5, 0.6) is 0 Å². The molecule has 1 amide bonds. The summed E-state index contributed by atoms with van der Waals surface area (Å²) in [6.45, 7) is 2.05. The van der Waals surface area contributed by atoms with Crippen LogP contribution in [0.1, 0.15) is 48.0 Å². The molecule has 0 saturated heterocycles. The van der Waals surface area contributed by atoms with Gasteiger partial charge < -0.3 is 5.32 Å². The fraction of sp³-hybridized carbons (Fsp3) is 0.292. The second-order valence-corrected chi connectivity index (χ2v) is 8.79. The van der Waals surface area contributed by atoms with Crippen LogP contribution < -0.4 is 10.9 Å². The largest absolute Gasteiger partial charge is 0.349 e. The molecular weight excluding hydrogens is 394 g/mol. The van der Waals surface area contributed by atoms with E-state index in [0.717, 1.165) is 22.8 Å². The molecular formula is C24H25N3O2S. The van der Waals surface area contributed by atoms with E-state index in [1.165, 1.54) is 47.3 Å². The van der Waals surface area contributed by atoms with Gasteiger partial charge in [0.1, 0.15) is 5.03 Å². The molecule has 6 heteroatoms. The van der Waals surface area contributed by atoms with Gasteiger partial charge >= 0.3 is 0 Å². The van der Waals surface area contributed by atoms with E-state index in [4.69, 9.17) is 0 Å². The monoisotopic (exact) mass is 419 g/mol. The van der Waals surface area contributed by atoms with Crippen LogP contribution in [0.2, 0.25) is 0 Å². The van der Waals surface area contributed by atoms with Gasteiger partial charge in [0.05, 0.1) is 5.69 Å². The van der Waals surface area contributed by atoms with Gasteiger partial charge in [0.25, 0.3) is 11.5 Å². The van der Waals surface area contributed by atoms with Crippen LogP contribution in [0.4, 0.5) is 0 Å². The molecule has 1 aromatic heterocycles. The molecule has 1 fully saturated rings. The highest BCUT2D eigenvalue weighted by Crippen LogP contribution is 2.25. The maximum atomic E-state index is 12.5. The predicted molar refractivity (Wildman–Crippen MR) is 119 cm³/mol. The number of nitrogens with one attached hydrogen (secondary N) is 1. The molecule has 154 valence electrons. The predicted octanol–water partition coefficient (Wildman–Crippen LogP) is 4.75. The van der Waals surface area contributed by atoms with E-state index >= 15 is 0 Å². The number of amides is 1. The minimum Gasteiger partial charge on any atom is -0.349 e. The first-order valence-corrected chi connectivity index (χ1v) is 11.2. The number of carbonyl (C=O) groups excluding carboxylic acids is 1. The number of aromatic nitrogens is 2. The molecule has 1 saturated carbocycles. The summed E-state index contributed by atoms with van der Waals surface area (Å²) in [7, 11) is 0. The maximum absolute atomic E-state index is 12.5. The van der Waals surface area contributed by atoms with Crippen molar-refractivity contribution < 1.29 is 4.79 Å². The van der Waals surface area contributed by atoms with Gasteiger partial charge in [-0.25, -0.2) is 0 Å². The van der Waals surface area contributed by atoms with Crippen molar-refractivity contribution in [3.63, 3.8) is 0 Å². The summed E-state index contributed by atoms with van der Waals surface area (Å²) < 4.78 is 1.37. The molecule has 1 aliphatic rings. The first kappa shape index (κ1) is 20.4. The molecule has 0 atom stereocenters. The number of aryl methyl sites for hydroxylation is 1. The van der Waals surface area contributed by atoms with Gasteiger partial charge in [-0.15, -0.1) is 0 Å². The topological polar surface area (TPSA) is 64.0 Å². The SMILES string of the molecule is Cc1ccc(Sc2ccc(=O)n(-c3ccc(C(=O)NC4CCCCC4)cc3)n2)cc1. The zero-order valence-electron chi connectivity index (χ0n) is 17.0. The lowest BCUT2D eigenvalue weighted by molar-refractivity contribution is 0.0927. The van der Waals surface area contributed by atoms with E-state index in [1.54, 1.807) is 30.3 Å². The standard InChI is InChI=1S/C24H25N3O2S/c1-17-7-13-21(14-8-17)30-22-15-16-23(28)27(26-22)20-11-9-18(10-12-20)24(29)25-19-5-3-2-4-6-19/h7-16,19H,2-6H2,1H3,(H,25,29). The van der Waals surface area contributed by atoms with Gasteiger partial charge in [0.2, 0.25) is 0 Å². The zero-order valence-corrected chi connectivity index (χ0v) is 17.8. The summed E-state index contributed by atoms with van der Waals surface area (Å²) in [4.78, 5) is 25.9. The normalized spacial score (nSPS) is 14.4. The average Bonchev–Trinajstić information content (AvgIpc) is 2.77. The van der Waals surface area contributed by atoms with Crippen LogP contribution in [0, 0.1) is 6.92 Å². The minimum absolute atomic E-state index is 0.0579. The van der Waals surface area contributed by atoms with Crippen LogP contribution in [0.3, 0.4) is 0 Å². The minimum atomic E-state index is -0.206. The highest BCUT2D eigenvalue weighted by molar-refractivity contribution is 7.99. The summed E-state index contributed by atoms with van der Waals surface area (Å²) in [5.74, 6) is -0.0579. The summed E-state index contributed by atoms with van der Waals surface area (Å²) in [5, 5.41) is 8.35. The third kappa shape index (κ3) is 5.00. The number of hydrogen-bond donors (Lipinski definition) is 1. The van der Waals surface area contributed by atoms with Crippen molar-refractivity contribution in [1.29, 1.82) is 0 Å². The lowest BCUT2D eigenvalue weighted by Crippen LogP contribution is -2.36. The molecule has 0 spiro atoms. The van der Waals surface area contributed by atoms with Gasteiger partial charge in [-0.2, -0.15) is 9.78 Å². The smallest absolute Gasteiger partial charge is 0.271 e. The molecule has 0 radical (unpaired) electrons. The Morgan fingerprint density at radius 1 is 0.967 bits per heavy atom. The third-order valence-corrected chi connectivity index (χ3v) is 6.27. The van der Waals surface area contributed by atoms with E-state index in [0.29, 0.717) is 11.3 Å². The molecule has 1 N–H and O–H groups in total. The van der Waals surface area contributed by atoms with Gasteiger partial charge in [-0.3, -0.25) is 9.59 Å². The highest BCUT2D eigenvalue weighted by Gasteiger charge is 2.16. The molecule has 5 nitrogen and oxygen atoms in total. The first-order valence-electron chi connectivity index (χ1n) is 10.3. The van der Waals surface area contributed by atoms with Crippen molar-refractivity contribution in [2.24, 2.45) is 0 Å². The fourth-order valence-electron chi connectivity index (χ4n) is 3.63. The van der Waals surface area contributed by atoms with Crippen molar-refractivity contribution >= 4 is 17.7 Å². The van der Waals surface area contributed by atoms with Crippen LogP contribution in [-0.2, 0) is 0 Å². The number of nitrogens with zero attached hydrogens (tertiary/aromatic N) is 2. The van der Waals surface area contributed by atoms with Crippen LogP contribution in [0.25, 0.3) is 5.69 Å². The molecule has 0 aliphatic heterocycles. The number of hydrogen-bond acceptors (Lipinski definition) is 4. The fourth-order valence-corrected chi connectivity index (χ4v) is 4.40. The molecule has 0 unspecified atom stereocenters. The Kier molecular flexibility index (Phi) is 6.33. The Morgan fingerprint density at radius 2 is 1.67 bits per heavy atom. The summed E-state index contributed by atoms with van der Waals surface area (Å²) in [6, 6.07) is 18.7. The van der Waals surface area contributed by atoms with Gasteiger partial charge in [0.15, 0.2) is 0 Å².